The van der Waals surface area contributed by atoms with Gasteiger partial charge in [0.15, 0.2) is 0 Å². The second-order valence-corrected chi connectivity index (χ2v) is 22.9. The van der Waals surface area contributed by atoms with Gasteiger partial charge in [-0.3, -0.25) is 19.2 Å². The van der Waals surface area contributed by atoms with Gasteiger partial charge in [0.25, 0.3) is 0 Å². The van der Waals surface area contributed by atoms with Crippen LogP contribution in [0.25, 0.3) is 0 Å². The van der Waals surface area contributed by atoms with Crippen molar-refractivity contribution >= 4 is 25.1 Å². The van der Waals surface area contributed by atoms with Crippen molar-refractivity contribution in [2.24, 2.45) is 39.9 Å². The number of rotatable bonds is 10. The minimum absolute atomic E-state index is 0.401. The highest BCUT2D eigenvalue weighted by molar-refractivity contribution is 5.95. The molecule has 1 unspecified atom stereocenters. The number of nitrogens with one attached hydrogen (secondary N) is 4. The number of hydrogen-bond donors (Lipinski definition) is 4. The summed E-state index contributed by atoms with van der Waals surface area (Å²) in [6, 6.07) is 0. The van der Waals surface area contributed by atoms with E-state index in [0.29, 0.717) is 51.4 Å². The maximum absolute atomic E-state index is 15.1. The Kier molecular flexibility index (Phi) is 10.6. The van der Waals surface area contributed by atoms with Gasteiger partial charge in [0, 0.05) is 44.3 Å². The van der Waals surface area contributed by atoms with Crippen LogP contribution in [0.2, 0.25) is 0 Å². The topological polar surface area (TPSA) is 116 Å². The third kappa shape index (κ3) is 7.73. The molecule has 4 saturated heterocycles. The van der Waals surface area contributed by atoms with Gasteiger partial charge in [0.2, 0.25) is 25.1 Å². The summed E-state index contributed by atoms with van der Waals surface area (Å²) >= 11 is 0. The van der Waals surface area contributed by atoms with E-state index in [4.69, 9.17) is 0 Å². The third-order valence-corrected chi connectivity index (χ3v) is 13.2. The van der Waals surface area contributed by atoms with Gasteiger partial charge in [-0.15, -0.1) is 0 Å². The smallest absolute Gasteiger partial charge is 0.214 e. The first-order valence-electron chi connectivity index (χ1n) is 19.6. The minimum atomic E-state index is -2.09. The second-order valence-electron chi connectivity index (χ2n) is 22.9. The van der Waals surface area contributed by atoms with Gasteiger partial charge in [0.05, 0.1) is 10.8 Å². The maximum atomic E-state index is 15.1. The van der Waals surface area contributed by atoms with E-state index in [1.165, 1.54) is 0 Å². The van der Waals surface area contributed by atoms with Crippen LogP contribution in [-0.2, 0) is 19.2 Å². The number of carbonyl (C=O) groups excluding carboxylic acids is 4. The monoisotopic (exact) mass is 709 g/mol. The average Bonchev–Trinajstić information content (AvgIpc) is 2.86. The van der Waals surface area contributed by atoms with Crippen LogP contribution in [0, 0.1) is 39.9 Å². The van der Waals surface area contributed by atoms with Crippen LogP contribution in [0.5, 0.6) is 0 Å². The van der Waals surface area contributed by atoms with Gasteiger partial charge in [0.1, 0.15) is 5.41 Å². The van der Waals surface area contributed by atoms with Crippen LogP contribution in [0.3, 0.4) is 0 Å². The highest BCUT2D eigenvalue weighted by Gasteiger charge is 2.77. The van der Waals surface area contributed by atoms with Crippen molar-refractivity contribution in [3.05, 3.63) is 0 Å². The molecular weight excluding hydrogens is 636 g/mol. The molecule has 4 aliphatic rings. The lowest BCUT2D eigenvalue weighted by molar-refractivity contribution is -0.138. The molecule has 4 radical (unpaired) electrons. The predicted octanol–water partition coefficient (Wildman–Crippen LogP) is 6.61. The van der Waals surface area contributed by atoms with Gasteiger partial charge in [-0.25, -0.2) is 0 Å². The standard InChI is InChI=1S/C43H72N4O4/c1-33(2)17-29(18-34(3,4)44-33)41(25-48,26-49)43(28-51,32-23-39(13,14)47-40(15,16)24-32)42(27-50,30-19-35(5,6)45-36(7,8)20-30)31-21-37(9,10)46-38(11,12)22-31/h29-32,44-47H,17-24H2,1-16H3. The van der Waals surface area contributed by atoms with Crippen molar-refractivity contribution in [2.75, 3.05) is 0 Å². The van der Waals surface area contributed by atoms with E-state index < -0.39 is 84.2 Å². The van der Waals surface area contributed by atoms with Gasteiger partial charge in [-0.2, -0.15) is 0 Å². The van der Waals surface area contributed by atoms with E-state index in [2.05, 4.69) is 157 Å². The van der Waals surface area contributed by atoms with E-state index >= 15 is 9.59 Å². The molecule has 4 aliphatic heterocycles. The molecule has 8 heteroatoms. The minimum Gasteiger partial charge on any atom is -0.307 e. The molecule has 0 aromatic heterocycles. The van der Waals surface area contributed by atoms with Crippen molar-refractivity contribution in [1.82, 2.24) is 21.3 Å². The maximum Gasteiger partial charge on any atom is 0.214 e. The molecule has 8 nitrogen and oxygen atoms in total. The van der Waals surface area contributed by atoms with Gasteiger partial charge >= 0.3 is 0 Å². The Hall–Kier alpha value is -1.48. The Morgan fingerprint density at radius 1 is 0.353 bits per heavy atom. The van der Waals surface area contributed by atoms with E-state index in [1.54, 1.807) is 0 Å². The second kappa shape index (κ2) is 12.8. The van der Waals surface area contributed by atoms with Crippen molar-refractivity contribution in [2.45, 2.75) is 206 Å². The molecule has 51 heavy (non-hydrogen) atoms. The summed E-state index contributed by atoms with van der Waals surface area (Å²) in [6.07, 6.45) is 14.1. The van der Waals surface area contributed by atoms with Crippen molar-refractivity contribution in [3.63, 3.8) is 0 Å². The van der Waals surface area contributed by atoms with E-state index in [-0.39, 0.29) is 0 Å². The molecule has 4 heterocycles. The molecule has 4 N–H and O–H groups in total. The van der Waals surface area contributed by atoms with Crippen LogP contribution in [0.4, 0.5) is 0 Å². The predicted molar refractivity (Wildman–Crippen MR) is 206 cm³/mol. The van der Waals surface area contributed by atoms with Crippen LogP contribution in [-0.4, -0.2) is 69.5 Å². The fraction of sp³-hybridized carbons (Fsp3) is 0.907. The highest BCUT2D eigenvalue weighted by Crippen LogP contribution is 2.70. The van der Waals surface area contributed by atoms with Crippen LogP contribution >= 0.6 is 0 Å². The Morgan fingerprint density at radius 2 is 0.588 bits per heavy atom. The van der Waals surface area contributed by atoms with Crippen LogP contribution < -0.4 is 21.3 Å². The molecule has 0 amide bonds. The molecular formula is C43H72N4O4. The Labute approximate surface area is 311 Å². The summed E-state index contributed by atoms with van der Waals surface area (Å²) in [5.74, 6) is -2.00. The lowest BCUT2D eigenvalue weighted by atomic mass is 9.34. The lowest BCUT2D eigenvalue weighted by Crippen LogP contribution is -2.75. The molecule has 0 aromatic rings. The molecule has 0 saturated carbocycles. The Balaban J connectivity index is 2.26. The number of hydrogen-bond acceptors (Lipinski definition) is 8. The molecule has 0 bridgehead atoms. The van der Waals surface area contributed by atoms with Gasteiger partial charge in [-0.1, -0.05) is 0 Å². The molecule has 0 spiro atoms. The normalized spacial score (nSPS) is 30.4. The zero-order chi connectivity index (χ0) is 39.1. The van der Waals surface area contributed by atoms with E-state index in [0.717, 1.165) is 0 Å². The fourth-order valence-electron chi connectivity index (χ4n) is 13.7. The van der Waals surface area contributed by atoms with Gasteiger partial charge < -0.3 is 21.3 Å². The van der Waals surface area contributed by atoms with Gasteiger partial charge in [-0.05, 0) is 186 Å². The summed E-state index contributed by atoms with van der Waals surface area (Å²) in [5.41, 5.74) is -9.14. The Bertz CT molecular complexity index is 1250. The quantitative estimate of drug-likeness (QED) is 0.188. The third-order valence-electron chi connectivity index (χ3n) is 13.2. The Morgan fingerprint density at radius 3 is 0.804 bits per heavy atom. The summed E-state index contributed by atoms with van der Waals surface area (Å²) in [6.45, 7) is 34.0. The van der Waals surface area contributed by atoms with Crippen molar-refractivity contribution < 1.29 is 19.2 Å². The average molecular weight is 709 g/mol. The first kappa shape index (κ1) is 42.3. The van der Waals surface area contributed by atoms with Crippen molar-refractivity contribution in [1.29, 1.82) is 0 Å². The molecule has 4 rings (SSSR count). The fourth-order valence-corrected chi connectivity index (χ4v) is 13.7. The summed E-state index contributed by atoms with van der Waals surface area (Å²) in [4.78, 5) is 59.0. The lowest BCUT2D eigenvalue weighted by Gasteiger charge is -2.67. The van der Waals surface area contributed by atoms with E-state index in [1.807, 2.05) is 0 Å². The summed E-state index contributed by atoms with van der Waals surface area (Å²) < 4.78 is 0. The van der Waals surface area contributed by atoms with Crippen LogP contribution in [0.15, 0.2) is 0 Å². The van der Waals surface area contributed by atoms with E-state index in [9.17, 15) is 9.59 Å². The highest BCUT2D eigenvalue weighted by atomic mass is 16.1. The van der Waals surface area contributed by atoms with Crippen LogP contribution in [0.1, 0.15) is 162 Å². The SMILES string of the molecule is CC1(C)CC(C([C]=O)([C]=O)C([C]=O)(C2CC(C)(C)NC(C)(C)C2)C([C]=O)(C2CC(C)(C)NC(C)(C)C2)C2CC(C)(C)NC(C)(C)C2)CC(C)(C)N1. The number of piperidine rings is 4. The molecule has 0 aliphatic carbocycles. The molecule has 288 valence electrons. The molecule has 1 atom stereocenters. The van der Waals surface area contributed by atoms with Crippen molar-refractivity contribution in [3.8, 4) is 0 Å². The summed E-state index contributed by atoms with van der Waals surface area (Å²) in [5, 5.41) is 15.1. The molecule has 0 aromatic carbocycles. The first-order valence-corrected chi connectivity index (χ1v) is 19.6. The summed E-state index contributed by atoms with van der Waals surface area (Å²) in [7, 11) is 0. The zero-order valence-electron chi connectivity index (χ0n) is 35.1. The zero-order valence-corrected chi connectivity index (χ0v) is 35.1. The first-order chi connectivity index (χ1) is 22.8. The molecule has 4 fully saturated rings. The largest absolute Gasteiger partial charge is 0.307 e.